The summed E-state index contributed by atoms with van der Waals surface area (Å²) in [7, 11) is 0. The lowest BCUT2D eigenvalue weighted by atomic mass is 10.1. The minimum atomic E-state index is -0.0658. The smallest absolute Gasteiger partial charge is 0.227 e. The molecule has 3 rings (SSSR count). The Hall–Kier alpha value is -2.16. The van der Waals surface area contributed by atoms with E-state index in [0.717, 1.165) is 9.26 Å². The maximum atomic E-state index is 12.1. The van der Waals surface area contributed by atoms with Crippen LogP contribution in [0.25, 0.3) is 0 Å². The number of hydrogen-bond acceptors (Lipinski definition) is 3. The summed E-state index contributed by atoms with van der Waals surface area (Å²) in [5.74, 6) is 0.507. The van der Waals surface area contributed by atoms with Crippen molar-refractivity contribution in [1.82, 2.24) is 19.6 Å². The molecule has 25 heavy (non-hydrogen) atoms. The molecule has 1 N–H and O–H groups in total. The maximum Gasteiger partial charge on any atom is 0.227 e. The molecule has 130 valence electrons. The third-order valence-corrected chi connectivity index (χ3v) is 4.85. The summed E-state index contributed by atoms with van der Waals surface area (Å²) in [6.45, 7) is 5.27. The fourth-order valence-corrected chi connectivity index (χ4v) is 2.97. The summed E-state index contributed by atoms with van der Waals surface area (Å²) in [5, 5.41) is 11.6. The van der Waals surface area contributed by atoms with Crippen molar-refractivity contribution in [2.24, 2.45) is 0 Å². The van der Waals surface area contributed by atoms with Crippen LogP contribution in [0.2, 0.25) is 0 Å². The van der Waals surface area contributed by atoms with Gasteiger partial charge < -0.3 is 5.32 Å². The van der Waals surface area contributed by atoms with E-state index < -0.39 is 0 Å². The Morgan fingerprint density at radius 3 is 2.76 bits per heavy atom. The molecule has 0 aliphatic carbocycles. The number of rotatable bonds is 6. The Balaban J connectivity index is 1.53. The van der Waals surface area contributed by atoms with Crippen LogP contribution < -0.4 is 5.32 Å². The van der Waals surface area contributed by atoms with E-state index in [0.29, 0.717) is 25.3 Å². The van der Waals surface area contributed by atoms with Crippen molar-refractivity contribution < 1.29 is 4.79 Å². The van der Waals surface area contributed by atoms with Gasteiger partial charge in [0.25, 0.3) is 0 Å². The van der Waals surface area contributed by atoms with Crippen LogP contribution in [-0.2, 0) is 17.9 Å². The molecule has 0 spiro atoms. The molecule has 0 bridgehead atoms. The monoisotopic (exact) mass is 449 g/mol. The fraction of sp³-hybridized carbons (Fsp3) is 0.278. The number of aromatic nitrogens is 4. The fourth-order valence-electron chi connectivity index (χ4n) is 2.54. The van der Waals surface area contributed by atoms with Gasteiger partial charge in [0, 0.05) is 31.4 Å². The maximum absolute atomic E-state index is 12.1. The normalized spacial score (nSPS) is 10.8. The molecule has 3 aromatic rings. The summed E-state index contributed by atoms with van der Waals surface area (Å²) >= 11 is 2.24. The first-order chi connectivity index (χ1) is 12.0. The third-order valence-electron chi connectivity index (χ3n) is 3.79. The Morgan fingerprint density at radius 2 is 2.04 bits per heavy atom. The molecule has 0 saturated heterocycles. The van der Waals surface area contributed by atoms with Gasteiger partial charge in [-0.3, -0.25) is 14.2 Å². The van der Waals surface area contributed by atoms with Crippen LogP contribution in [0.3, 0.4) is 0 Å². The topological polar surface area (TPSA) is 64.7 Å². The number of anilines is 1. The molecule has 1 aromatic carbocycles. The van der Waals surface area contributed by atoms with E-state index >= 15 is 0 Å². The number of aryl methyl sites for hydroxylation is 3. The summed E-state index contributed by atoms with van der Waals surface area (Å²) in [6.07, 6.45) is 4.18. The van der Waals surface area contributed by atoms with Crippen molar-refractivity contribution in [1.29, 1.82) is 0 Å². The van der Waals surface area contributed by atoms with E-state index in [1.54, 1.807) is 4.68 Å². The second-order valence-corrected chi connectivity index (χ2v) is 7.17. The zero-order valence-corrected chi connectivity index (χ0v) is 16.4. The Kier molecular flexibility index (Phi) is 5.52. The second-order valence-electron chi connectivity index (χ2n) is 6.01. The van der Waals surface area contributed by atoms with Crippen LogP contribution in [0.1, 0.15) is 23.2 Å². The van der Waals surface area contributed by atoms with Crippen molar-refractivity contribution in [3.8, 4) is 0 Å². The number of carbonyl (C=O) groups is 1. The molecule has 0 saturated carbocycles. The van der Waals surface area contributed by atoms with E-state index in [1.807, 2.05) is 36.1 Å². The van der Waals surface area contributed by atoms with Gasteiger partial charge in [-0.05, 0) is 42.0 Å². The van der Waals surface area contributed by atoms with Gasteiger partial charge in [0.05, 0.1) is 15.8 Å². The number of nitrogens with one attached hydrogen (secondary N) is 1. The number of hydrogen-bond donors (Lipinski definition) is 1. The Morgan fingerprint density at radius 1 is 1.20 bits per heavy atom. The van der Waals surface area contributed by atoms with Crippen molar-refractivity contribution >= 4 is 34.3 Å². The molecule has 0 radical (unpaired) electrons. The lowest BCUT2D eigenvalue weighted by molar-refractivity contribution is -0.116. The quantitative estimate of drug-likeness (QED) is 0.587. The summed E-state index contributed by atoms with van der Waals surface area (Å²) in [6, 6.07) is 10.1. The number of amides is 1. The Labute approximate surface area is 160 Å². The first-order valence-corrected chi connectivity index (χ1v) is 9.16. The lowest BCUT2D eigenvalue weighted by Gasteiger charge is -2.04. The van der Waals surface area contributed by atoms with Crippen LogP contribution in [0.4, 0.5) is 5.82 Å². The molecule has 0 aliphatic heterocycles. The molecule has 0 fully saturated rings. The zero-order chi connectivity index (χ0) is 17.8. The third kappa shape index (κ3) is 4.91. The standard InChI is InChI=1S/C18H20IN5O/c1-13-4-3-5-15(10-13)11-23-8-6-17(22-23)20-18(25)7-9-24-12-16(19)14(2)21-24/h3-6,8,10,12H,7,9,11H2,1-2H3,(H,20,22,25). The highest BCUT2D eigenvalue weighted by atomic mass is 127. The zero-order valence-electron chi connectivity index (χ0n) is 14.2. The van der Waals surface area contributed by atoms with E-state index in [1.165, 1.54) is 11.1 Å². The second kappa shape index (κ2) is 7.81. The number of halogens is 1. The summed E-state index contributed by atoms with van der Waals surface area (Å²) in [5.41, 5.74) is 3.39. The lowest BCUT2D eigenvalue weighted by Crippen LogP contribution is -2.15. The van der Waals surface area contributed by atoms with Gasteiger partial charge in [-0.2, -0.15) is 10.2 Å². The van der Waals surface area contributed by atoms with Gasteiger partial charge in [-0.1, -0.05) is 29.8 Å². The molecular formula is C18H20IN5O. The van der Waals surface area contributed by atoms with Gasteiger partial charge >= 0.3 is 0 Å². The molecule has 0 unspecified atom stereocenters. The number of carbonyl (C=O) groups excluding carboxylic acids is 1. The van der Waals surface area contributed by atoms with Gasteiger partial charge in [0.15, 0.2) is 5.82 Å². The Bertz CT molecular complexity index is 864. The van der Waals surface area contributed by atoms with E-state index in [-0.39, 0.29) is 5.91 Å². The van der Waals surface area contributed by atoms with Gasteiger partial charge in [0.2, 0.25) is 5.91 Å². The highest BCUT2D eigenvalue weighted by molar-refractivity contribution is 14.1. The average molecular weight is 449 g/mol. The molecule has 6 nitrogen and oxygen atoms in total. The first kappa shape index (κ1) is 17.7. The average Bonchev–Trinajstić information content (AvgIpc) is 3.12. The van der Waals surface area contributed by atoms with Gasteiger partial charge in [-0.25, -0.2) is 0 Å². The molecular weight excluding hydrogens is 429 g/mol. The summed E-state index contributed by atoms with van der Waals surface area (Å²) in [4.78, 5) is 12.1. The largest absolute Gasteiger partial charge is 0.309 e. The van der Waals surface area contributed by atoms with Crippen LogP contribution in [0, 0.1) is 17.4 Å². The van der Waals surface area contributed by atoms with Crippen LogP contribution in [0.5, 0.6) is 0 Å². The highest BCUT2D eigenvalue weighted by Crippen LogP contribution is 2.10. The highest BCUT2D eigenvalue weighted by Gasteiger charge is 2.08. The SMILES string of the molecule is Cc1cccc(Cn2ccc(NC(=O)CCn3cc(I)c(C)n3)n2)c1. The van der Waals surface area contributed by atoms with Crippen LogP contribution >= 0.6 is 22.6 Å². The van der Waals surface area contributed by atoms with Crippen molar-refractivity contribution in [3.63, 3.8) is 0 Å². The number of benzene rings is 1. The summed E-state index contributed by atoms with van der Waals surface area (Å²) < 4.78 is 4.73. The van der Waals surface area contributed by atoms with Gasteiger partial charge in [-0.15, -0.1) is 0 Å². The minimum Gasteiger partial charge on any atom is -0.309 e. The van der Waals surface area contributed by atoms with Crippen molar-refractivity contribution in [2.75, 3.05) is 5.32 Å². The van der Waals surface area contributed by atoms with Crippen LogP contribution in [-0.4, -0.2) is 25.5 Å². The molecule has 2 heterocycles. The molecule has 0 atom stereocenters. The number of nitrogens with zero attached hydrogens (tertiary/aromatic N) is 4. The van der Waals surface area contributed by atoms with Crippen molar-refractivity contribution in [2.45, 2.75) is 33.4 Å². The molecule has 7 heteroatoms. The minimum absolute atomic E-state index is 0.0658. The van der Waals surface area contributed by atoms with E-state index in [4.69, 9.17) is 0 Å². The molecule has 1 amide bonds. The predicted octanol–water partition coefficient (Wildman–Crippen LogP) is 3.38. The van der Waals surface area contributed by atoms with Gasteiger partial charge in [0.1, 0.15) is 0 Å². The van der Waals surface area contributed by atoms with E-state index in [2.05, 4.69) is 63.2 Å². The van der Waals surface area contributed by atoms with E-state index in [9.17, 15) is 4.79 Å². The first-order valence-electron chi connectivity index (χ1n) is 8.08. The van der Waals surface area contributed by atoms with Crippen molar-refractivity contribution in [3.05, 3.63) is 63.1 Å². The molecule has 2 aromatic heterocycles. The predicted molar refractivity (Wildman–Crippen MR) is 105 cm³/mol. The van der Waals surface area contributed by atoms with Crippen LogP contribution in [0.15, 0.2) is 42.7 Å². The molecule has 0 aliphatic rings.